The van der Waals surface area contributed by atoms with Crippen LogP contribution in [0.2, 0.25) is 0 Å². The summed E-state index contributed by atoms with van der Waals surface area (Å²) in [6.07, 6.45) is 0. The summed E-state index contributed by atoms with van der Waals surface area (Å²) in [6.45, 7) is 3.86. The number of aryl methyl sites for hydroxylation is 1. The van der Waals surface area contributed by atoms with Crippen molar-refractivity contribution >= 4 is 0 Å². The van der Waals surface area contributed by atoms with E-state index in [1.807, 2.05) is 18.2 Å². The van der Waals surface area contributed by atoms with E-state index in [2.05, 4.69) is 17.0 Å². The van der Waals surface area contributed by atoms with Gasteiger partial charge in [0.05, 0.1) is 0 Å². The van der Waals surface area contributed by atoms with Crippen molar-refractivity contribution < 1.29 is 8.78 Å². The van der Waals surface area contributed by atoms with E-state index in [-0.39, 0.29) is 12.0 Å². The topological polar surface area (TPSA) is 29.3 Å². The molecule has 2 N–H and O–H groups in total. The first-order valence-electron chi connectivity index (χ1n) is 7.52. The van der Waals surface area contributed by atoms with Crippen molar-refractivity contribution in [2.45, 2.75) is 25.4 Å². The monoisotopic (exact) mass is 302 g/mol. The van der Waals surface area contributed by atoms with Gasteiger partial charge in [0.1, 0.15) is 11.6 Å². The number of rotatable bonds is 3. The van der Waals surface area contributed by atoms with Gasteiger partial charge >= 0.3 is 0 Å². The molecular formula is C18H20F2N2. The fourth-order valence-electron chi connectivity index (χ4n) is 3.18. The summed E-state index contributed by atoms with van der Waals surface area (Å²) in [6, 6.07) is 12.6. The van der Waals surface area contributed by atoms with E-state index in [0.29, 0.717) is 17.7 Å². The van der Waals surface area contributed by atoms with E-state index in [9.17, 15) is 8.78 Å². The Bertz CT molecular complexity index is 658. The van der Waals surface area contributed by atoms with Crippen LogP contribution in [0.3, 0.4) is 0 Å². The highest BCUT2D eigenvalue weighted by Crippen LogP contribution is 2.30. The lowest BCUT2D eigenvalue weighted by Gasteiger charge is -2.17. The maximum Gasteiger partial charge on any atom is 0.129 e. The largest absolute Gasteiger partial charge is 0.326 e. The van der Waals surface area contributed by atoms with Crippen LogP contribution >= 0.6 is 0 Å². The third-order valence-corrected chi connectivity index (χ3v) is 4.37. The van der Waals surface area contributed by atoms with Crippen LogP contribution in [0.15, 0.2) is 42.5 Å². The van der Waals surface area contributed by atoms with E-state index in [1.54, 1.807) is 13.0 Å². The summed E-state index contributed by atoms with van der Waals surface area (Å²) in [4.78, 5) is 2.22. The number of hydrogen-bond acceptors (Lipinski definition) is 2. The van der Waals surface area contributed by atoms with Crippen LogP contribution in [-0.2, 0) is 6.54 Å². The summed E-state index contributed by atoms with van der Waals surface area (Å²) in [5, 5.41) is 0. The Balaban J connectivity index is 1.78. The van der Waals surface area contributed by atoms with Gasteiger partial charge in [0.2, 0.25) is 0 Å². The molecule has 4 heteroatoms. The summed E-state index contributed by atoms with van der Waals surface area (Å²) >= 11 is 0. The molecule has 2 nitrogen and oxygen atoms in total. The standard InChI is InChI=1S/C18H20F2N2/c1-12-7-14(17(20)8-16(12)19)15-10-22(11-18(15)21)9-13-5-3-2-4-6-13/h2-8,15,18H,9-11,21H2,1H3. The second-order valence-electron chi connectivity index (χ2n) is 6.07. The van der Waals surface area contributed by atoms with Crippen LogP contribution < -0.4 is 5.73 Å². The molecule has 2 aromatic carbocycles. The molecule has 0 bridgehead atoms. The first kappa shape index (κ1) is 15.1. The number of benzene rings is 2. The first-order chi connectivity index (χ1) is 10.5. The highest BCUT2D eigenvalue weighted by Gasteiger charge is 2.33. The van der Waals surface area contributed by atoms with Crippen molar-refractivity contribution in [3.05, 3.63) is 70.8 Å². The predicted octanol–water partition coefficient (Wildman–Crippen LogP) is 3.20. The lowest BCUT2D eigenvalue weighted by Crippen LogP contribution is -2.29. The summed E-state index contributed by atoms with van der Waals surface area (Å²) < 4.78 is 27.5. The highest BCUT2D eigenvalue weighted by atomic mass is 19.1. The molecule has 0 saturated carbocycles. The quantitative estimate of drug-likeness (QED) is 0.943. The Morgan fingerprint density at radius 3 is 2.55 bits per heavy atom. The van der Waals surface area contributed by atoms with Crippen molar-refractivity contribution in [1.29, 1.82) is 0 Å². The number of halogens is 2. The molecule has 116 valence electrons. The molecule has 1 aliphatic heterocycles. The van der Waals surface area contributed by atoms with E-state index >= 15 is 0 Å². The minimum atomic E-state index is -0.506. The first-order valence-corrected chi connectivity index (χ1v) is 7.52. The number of hydrogen-bond donors (Lipinski definition) is 1. The van der Waals surface area contributed by atoms with Crippen LogP contribution in [0.5, 0.6) is 0 Å². The van der Waals surface area contributed by atoms with Crippen molar-refractivity contribution in [2.24, 2.45) is 5.73 Å². The molecule has 2 aromatic rings. The molecular weight excluding hydrogens is 282 g/mol. The van der Waals surface area contributed by atoms with Gasteiger partial charge in [-0.2, -0.15) is 0 Å². The molecule has 1 saturated heterocycles. The van der Waals surface area contributed by atoms with Gasteiger partial charge in [-0.3, -0.25) is 4.90 Å². The van der Waals surface area contributed by atoms with Crippen molar-refractivity contribution in [3.63, 3.8) is 0 Å². The van der Waals surface area contributed by atoms with E-state index < -0.39 is 11.6 Å². The highest BCUT2D eigenvalue weighted by molar-refractivity contribution is 5.31. The molecule has 0 amide bonds. The minimum absolute atomic E-state index is 0.0944. The Hall–Kier alpha value is -1.78. The molecule has 0 radical (unpaired) electrons. The van der Waals surface area contributed by atoms with Crippen molar-refractivity contribution in [3.8, 4) is 0 Å². The van der Waals surface area contributed by atoms with Crippen LogP contribution in [0, 0.1) is 18.6 Å². The normalized spacial score (nSPS) is 22.2. The molecule has 22 heavy (non-hydrogen) atoms. The molecule has 2 unspecified atom stereocenters. The van der Waals surface area contributed by atoms with Crippen LogP contribution in [-0.4, -0.2) is 24.0 Å². The maximum absolute atomic E-state index is 14.1. The van der Waals surface area contributed by atoms with Gasteiger partial charge in [-0.15, -0.1) is 0 Å². The van der Waals surface area contributed by atoms with Crippen molar-refractivity contribution in [1.82, 2.24) is 4.90 Å². The molecule has 0 aromatic heterocycles. The number of likely N-dealkylation sites (tertiary alicyclic amines) is 1. The lowest BCUT2D eigenvalue weighted by molar-refractivity contribution is 0.323. The number of nitrogens with two attached hydrogens (primary N) is 1. The Labute approximate surface area is 129 Å². The maximum atomic E-state index is 14.1. The summed E-state index contributed by atoms with van der Waals surface area (Å²) in [5.41, 5.74) is 8.42. The molecule has 2 atom stereocenters. The van der Waals surface area contributed by atoms with Gasteiger partial charge in [0, 0.05) is 37.7 Å². The third-order valence-electron chi connectivity index (χ3n) is 4.37. The molecule has 3 rings (SSSR count). The zero-order chi connectivity index (χ0) is 15.7. The minimum Gasteiger partial charge on any atom is -0.326 e. The number of nitrogens with zero attached hydrogens (tertiary/aromatic N) is 1. The average Bonchev–Trinajstić information content (AvgIpc) is 2.84. The van der Waals surface area contributed by atoms with Gasteiger partial charge in [-0.05, 0) is 29.7 Å². The zero-order valence-corrected chi connectivity index (χ0v) is 12.6. The summed E-state index contributed by atoms with van der Waals surface area (Å²) in [7, 11) is 0. The van der Waals surface area contributed by atoms with Crippen LogP contribution in [0.25, 0.3) is 0 Å². The molecule has 1 aliphatic rings. The van der Waals surface area contributed by atoms with Gasteiger partial charge in [-0.25, -0.2) is 8.78 Å². The molecule has 0 aliphatic carbocycles. The zero-order valence-electron chi connectivity index (χ0n) is 12.6. The second-order valence-corrected chi connectivity index (χ2v) is 6.07. The van der Waals surface area contributed by atoms with Gasteiger partial charge in [0.15, 0.2) is 0 Å². The second kappa shape index (κ2) is 6.15. The van der Waals surface area contributed by atoms with Crippen LogP contribution in [0.4, 0.5) is 8.78 Å². The Morgan fingerprint density at radius 2 is 1.82 bits per heavy atom. The van der Waals surface area contributed by atoms with Gasteiger partial charge in [0.25, 0.3) is 0 Å². The Morgan fingerprint density at radius 1 is 1.09 bits per heavy atom. The Kier molecular flexibility index (Phi) is 4.23. The molecule has 0 spiro atoms. The average molecular weight is 302 g/mol. The molecule has 1 heterocycles. The van der Waals surface area contributed by atoms with Crippen LogP contribution in [0.1, 0.15) is 22.6 Å². The lowest BCUT2D eigenvalue weighted by atomic mass is 9.93. The summed E-state index contributed by atoms with van der Waals surface area (Å²) in [5.74, 6) is -1.10. The third kappa shape index (κ3) is 3.03. The molecule has 1 fully saturated rings. The predicted molar refractivity (Wildman–Crippen MR) is 83.5 cm³/mol. The van der Waals surface area contributed by atoms with E-state index in [0.717, 1.165) is 19.2 Å². The van der Waals surface area contributed by atoms with Crippen molar-refractivity contribution in [2.75, 3.05) is 13.1 Å². The fraction of sp³-hybridized carbons (Fsp3) is 0.333. The van der Waals surface area contributed by atoms with Gasteiger partial charge in [-0.1, -0.05) is 30.3 Å². The fourth-order valence-corrected chi connectivity index (χ4v) is 3.18. The van der Waals surface area contributed by atoms with E-state index in [1.165, 1.54) is 5.56 Å². The van der Waals surface area contributed by atoms with Gasteiger partial charge < -0.3 is 5.73 Å². The SMILES string of the molecule is Cc1cc(C2CN(Cc3ccccc3)CC2N)c(F)cc1F. The van der Waals surface area contributed by atoms with E-state index in [4.69, 9.17) is 5.73 Å². The smallest absolute Gasteiger partial charge is 0.129 e.